The van der Waals surface area contributed by atoms with E-state index in [0.717, 1.165) is 6.29 Å². The Labute approximate surface area is 85.7 Å². The van der Waals surface area contributed by atoms with E-state index in [1.54, 1.807) is 22.8 Å². The van der Waals surface area contributed by atoms with E-state index in [2.05, 4.69) is 10.4 Å². The third-order valence-corrected chi connectivity index (χ3v) is 2.00. The molecule has 1 N–H and O–H groups in total. The van der Waals surface area contributed by atoms with Gasteiger partial charge in [0.1, 0.15) is 0 Å². The molecule has 15 heavy (non-hydrogen) atoms. The number of aromatic nitrogens is 2. The van der Waals surface area contributed by atoms with Gasteiger partial charge in [0, 0.05) is 18.8 Å². The van der Waals surface area contributed by atoms with Gasteiger partial charge in [0.25, 0.3) is 0 Å². The highest BCUT2D eigenvalue weighted by atomic mass is 16.1. The Kier molecular flexibility index (Phi) is 2.21. The first-order valence-electron chi connectivity index (χ1n) is 4.41. The lowest BCUT2D eigenvalue weighted by Gasteiger charge is -2.02. The maximum absolute atomic E-state index is 10.8. The van der Waals surface area contributed by atoms with E-state index in [-0.39, 0.29) is 5.91 Å². The van der Waals surface area contributed by atoms with Gasteiger partial charge in [-0.1, -0.05) is 0 Å². The van der Waals surface area contributed by atoms with Crippen molar-refractivity contribution < 1.29 is 9.59 Å². The zero-order chi connectivity index (χ0) is 10.8. The number of anilines is 1. The molecule has 0 spiro atoms. The monoisotopic (exact) mass is 203 g/mol. The first kappa shape index (κ1) is 9.39. The minimum atomic E-state index is -0.147. The van der Waals surface area contributed by atoms with E-state index < -0.39 is 0 Å². The van der Waals surface area contributed by atoms with Crippen molar-refractivity contribution in [1.82, 2.24) is 9.61 Å². The lowest BCUT2D eigenvalue weighted by molar-refractivity contribution is -0.114. The van der Waals surface area contributed by atoms with Crippen LogP contribution in [0.4, 0.5) is 5.69 Å². The van der Waals surface area contributed by atoms with Crippen molar-refractivity contribution in [3.05, 3.63) is 30.1 Å². The third-order valence-electron chi connectivity index (χ3n) is 2.00. The summed E-state index contributed by atoms with van der Waals surface area (Å²) in [6.07, 6.45) is 3.91. The van der Waals surface area contributed by atoms with E-state index in [0.29, 0.717) is 16.8 Å². The Morgan fingerprint density at radius 1 is 1.60 bits per heavy atom. The van der Waals surface area contributed by atoms with Crippen LogP contribution in [0.15, 0.2) is 24.5 Å². The highest BCUT2D eigenvalue weighted by Gasteiger charge is 2.04. The molecule has 2 rings (SSSR count). The predicted molar refractivity (Wildman–Crippen MR) is 54.9 cm³/mol. The molecule has 76 valence electrons. The fourth-order valence-corrected chi connectivity index (χ4v) is 1.37. The van der Waals surface area contributed by atoms with E-state index in [1.165, 1.54) is 13.1 Å². The molecule has 0 fully saturated rings. The number of rotatable bonds is 2. The van der Waals surface area contributed by atoms with Crippen LogP contribution in [0.1, 0.15) is 17.3 Å². The second-order valence-electron chi connectivity index (χ2n) is 3.14. The highest BCUT2D eigenvalue weighted by Crippen LogP contribution is 2.14. The summed E-state index contributed by atoms with van der Waals surface area (Å²) in [5.74, 6) is -0.147. The first-order chi connectivity index (χ1) is 7.20. The van der Waals surface area contributed by atoms with Gasteiger partial charge in [-0.15, -0.1) is 0 Å². The third kappa shape index (κ3) is 1.71. The molecule has 2 aromatic heterocycles. The Bertz CT molecular complexity index is 530. The number of nitrogens with zero attached hydrogens (tertiary/aromatic N) is 2. The molecule has 0 radical (unpaired) electrons. The predicted octanol–water partition coefficient (Wildman–Crippen LogP) is 1.11. The standard InChI is InChI=1S/C10H9N3O2/c1-7(15)12-9-2-3-13-10(4-9)8(6-14)5-11-13/h2-6H,1H3,(H,12,15). The van der Waals surface area contributed by atoms with Crippen LogP contribution in [0, 0.1) is 0 Å². The molecule has 2 aromatic rings. The summed E-state index contributed by atoms with van der Waals surface area (Å²) in [7, 11) is 0. The smallest absolute Gasteiger partial charge is 0.221 e. The van der Waals surface area contributed by atoms with E-state index >= 15 is 0 Å². The van der Waals surface area contributed by atoms with Gasteiger partial charge >= 0.3 is 0 Å². The van der Waals surface area contributed by atoms with Crippen LogP contribution in [0.3, 0.4) is 0 Å². The fourth-order valence-electron chi connectivity index (χ4n) is 1.37. The maximum atomic E-state index is 10.8. The van der Waals surface area contributed by atoms with Crippen LogP contribution < -0.4 is 5.32 Å². The molecule has 0 bridgehead atoms. The number of aldehydes is 1. The van der Waals surface area contributed by atoms with Gasteiger partial charge in [-0.3, -0.25) is 9.59 Å². The molecule has 5 heteroatoms. The molecule has 0 saturated carbocycles. The van der Waals surface area contributed by atoms with Crippen molar-refractivity contribution >= 4 is 23.4 Å². The topological polar surface area (TPSA) is 63.5 Å². The lowest BCUT2D eigenvalue weighted by Crippen LogP contribution is -2.06. The first-order valence-corrected chi connectivity index (χ1v) is 4.41. The summed E-state index contributed by atoms with van der Waals surface area (Å²) in [6.45, 7) is 1.43. The van der Waals surface area contributed by atoms with Crippen molar-refractivity contribution in [2.45, 2.75) is 6.92 Å². The van der Waals surface area contributed by atoms with Crippen molar-refractivity contribution in [3.8, 4) is 0 Å². The Balaban J connectivity index is 2.52. The maximum Gasteiger partial charge on any atom is 0.221 e. The van der Waals surface area contributed by atoms with Crippen LogP contribution in [0.2, 0.25) is 0 Å². The molecule has 0 aromatic carbocycles. The SMILES string of the molecule is CC(=O)Nc1ccn2ncc(C=O)c2c1. The molecule has 0 aliphatic heterocycles. The fraction of sp³-hybridized carbons (Fsp3) is 0.100. The van der Waals surface area contributed by atoms with Gasteiger partial charge in [0.2, 0.25) is 5.91 Å². The number of hydrogen-bond acceptors (Lipinski definition) is 3. The van der Waals surface area contributed by atoms with Crippen molar-refractivity contribution in [3.63, 3.8) is 0 Å². The largest absolute Gasteiger partial charge is 0.326 e. The number of amides is 1. The zero-order valence-corrected chi connectivity index (χ0v) is 8.10. The minimum absolute atomic E-state index is 0.147. The number of pyridine rings is 1. The molecule has 0 atom stereocenters. The van der Waals surface area contributed by atoms with E-state index in [1.807, 2.05) is 0 Å². The molecule has 2 heterocycles. The summed E-state index contributed by atoms with van der Waals surface area (Å²) in [5.41, 5.74) is 1.83. The van der Waals surface area contributed by atoms with Crippen LogP contribution in [0.25, 0.3) is 5.52 Å². The number of carbonyl (C=O) groups excluding carboxylic acids is 2. The van der Waals surface area contributed by atoms with Gasteiger partial charge in [0.15, 0.2) is 6.29 Å². The van der Waals surface area contributed by atoms with E-state index in [4.69, 9.17) is 0 Å². The molecular weight excluding hydrogens is 194 g/mol. The van der Waals surface area contributed by atoms with Crippen LogP contribution >= 0.6 is 0 Å². The summed E-state index contributed by atoms with van der Waals surface area (Å²) < 4.78 is 1.58. The molecule has 0 unspecified atom stereocenters. The average molecular weight is 203 g/mol. The van der Waals surface area contributed by atoms with Crippen LogP contribution in [-0.4, -0.2) is 21.8 Å². The molecular formula is C10H9N3O2. The number of hydrogen-bond donors (Lipinski definition) is 1. The quantitative estimate of drug-likeness (QED) is 0.743. The van der Waals surface area contributed by atoms with Gasteiger partial charge < -0.3 is 5.32 Å². The summed E-state index contributed by atoms with van der Waals surface area (Å²) in [5, 5.41) is 6.62. The second kappa shape index (κ2) is 3.53. The Hall–Kier alpha value is -2.17. The van der Waals surface area contributed by atoms with Crippen molar-refractivity contribution in [2.24, 2.45) is 0 Å². The van der Waals surface area contributed by atoms with Crippen molar-refractivity contribution in [2.75, 3.05) is 5.32 Å². The molecule has 1 amide bonds. The molecule has 5 nitrogen and oxygen atoms in total. The number of fused-ring (bicyclic) bond motifs is 1. The van der Waals surface area contributed by atoms with Crippen molar-refractivity contribution in [1.29, 1.82) is 0 Å². The van der Waals surface area contributed by atoms with Gasteiger partial charge in [-0.2, -0.15) is 5.10 Å². The van der Waals surface area contributed by atoms with Crippen LogP contribution in [-0.2, 0) is 4.79 Å². The molecule has 0 aliphatic rings. The van der Waals surface area contributed by atoms with E-state index in [9.17, 15) is 9.59 Å². The lowest BCUT2D eigenvalue weighted by atomic mass is 10.2. The highest BCUT2D eigenvalue weighted by molar-refractivity contribution is 5.91. The summed E-state index contributed by atoms with van der Waals surface area (Å²) in [6, 6.07) is 3.42. The zero-order valence-electron chi connectivity index (χ0n) is 8.10. The summed E-state index contributed by atoms with van der Waals surface area (Å²) in [4.78, 5) is 21.5. The minimum Gasteiger partial charge on any atom is -0.326 e. The normalized spacial score (nSPS) is 10.2. The Morgan fingerprint density at radius 3 is 3.07 bits per heavy atom. The number of carbonyl (C=O) groups is 2. The van der Waals surface area contributed by atoms with Gasteiger partial charge in [-0.25, -0.2) is 4.52 Å². The Morgan fingerprint density at radius 2 is 2.40 bits per heavy atom. The second-order valence-corrected chi connectivity index (χ2v) is 3.14. The van der Waals surface area contributed by atoms with Gasteiger partial charge in [0.05, 0.1) is 17.3 Å². The van der Waals surface area contributed by atoms with Crippen LogP contribution in [0.5, 0.6) is 0 Å². The van der Waals surface area contributed by atoms with Gasteiger partial charge in [-0.05, 0) is 12.1 Å². The summed E-state index contributed by atoms with van der Waals surface area (Å²) >= 11 is 0. The average Bonchev–Trinajstić information content (AvgIpc) is 2.59. The molecule has 0 saturated heterocycles. The number of nitrogens with one attached hydrogen (secondary N) is 1. The molecule has 0 aliphatic carbocycles.